The van der Waals surface area contributed by atoms with Crippen LogP contribution >= 0.6 is 0 Å². The van der Waals surface area contributed by atoms with Gasteiger partial charge in [-0.05, 0) is 12.8 Å². The molecule has 4 heteroatoms. The van der Waals surface area contributed by atoms with E-state index in [0.29, 0.717) is 12.5 Å². The molecule has 0 radical (unpaired) electrons. The summed E-state index contributed by atoms with van der Waals surface area (Å²) < 4.78 is 0. The number of carbonyl (C=O) groups is 1. The van der Waals surface area contributed by atoms with E-state index in [2.05, 4.69) is 20.6 Å². The number of likely N-dealkylation sites (tertiary alicyclic amines) is 1. The van der Waals surface area contributed by atoms with Gasteiger partial charge in [0.05, 0.1) is 13.1 Å². The molecule has 106 valence electrons. The molecule has 0 atom stereocenters. The molecule has 2 saturated heterocycles. The van der Waals surface area contributed by atoms with Crippen LogP contribution in [0.3, 0.4) is 0 Å². The summed E-state index contributed by atoms with van der Waals surface area (Å²) in [6.07, 6.45) is 10.2. The second-order valence-corrected chi connectivity index (χ2v) is 5.55. The molecular formula is C15H25N3O. The van der Waals surface area contributed by atoms with Crippen molar-refractivity contribution < 1.29 is 4.79 Å². The first kappa shape index (κ1) is 14.4. The molecule has 2 fully saturated rings. The Labute approximate surface area is 116 Å². The fourth-order valence-corrected chi connectivity index (χ4v) is 2.85. The lowest BCUT2D eigenvalue weighted by Crippen LogP contribution is -2.50. The summed E-state index contributed by atoms with van der Waals surface area (Å²) in [5.74, 6) is 3.00. The fourth-order valence-electron chi connectivity index (χ4n) is 2.85. The van der Waals surface area contributed by atoms with E-state index in [4.69, 9.17) is 6.42 Å². The number of hydrogen-bond donors (Lipinski definition) is 0. The Morgan fingerprint density at radius 1 is 0.895 bits per heavy atom. The Morgan fingerprint density at radius 2 is 1.47 bits per heavy atom. The normalized spacial score (nSPS) is 22.8. The molecule has 1 amide bonds. The first-order chi connectivity index (χ1) is 9.29. The zero-order valence-corrected chi connectivity index (χ0v) is 11.8. The lowest BCUT2D eigenvalue weighted by molar-refractivity contribution is -0.132. The Bertz CT molecular complexity index is 321. The molecule has 0 spiro atoms. The summed E-state index contributed by atoms with van der Waals surface area (Å²) in [5.41, 5.74) is 0. The van der Waals surface area contributed by atoms with Crippen LogP contribution in [0.4, 0.5) is 0 Å². The zero-order valence-electron chi connectivity index (χ0n) is 11.8. The van der Waals surface area contributed by atoms with Crippen LogP contribution in [0.5, 0.6) is 0 Å². The third kappa shape index (κ3) is 4.52. The average Bonchev–Trinajstić information content (AvgIpc) is 2.70. The maximum atomic E-state index is 12.3. The van der Waals surface area contributed by atoms with Gasteiger partial charge in [-0.15, -0.1) is 6.42 Å². The molecule has 19 heavy (non-hydrogen) atoms. The van der Waals surface area contributed by atoms with E-state index < -0.39 is 0 Å². The fraction of sp³-hybridized carbons (Fsp3) is 0.800. The predicted octanol–water partition coefficient (Wildman–Crippen LogP) is 0.640. The van der Waals surface area contributed by atoms with E-state index in [0.717, 1.165) is 45.8 Å². The molecule has 0 aromatic carbocycles. The van der Waals surface area contributed by atoms with Gasteiger partial charge in [0.2, 0.25) is 5.91 Å². The van der Waals surface area contributed by atoms with Gasteiger partial charge in [0.1, 0.15) is 0 Å². The molecular weight excluding hydrogens is 238 g/mol. The minimum absolute atomic E-state index is 0.312. The lowest BCUT2D eigenvalue weighted by atomic mass is 10.2. The Kier molecular flexibility index (Phi) is 5.68. The van der Waals surface area contributed by atoms with Gasteiger partial charge in [0.15, 0.2) is 0 Å². The summed E-state index contributed by atoms with van der Waals surface area (Å²) in [5, 5.41) is 0. The van der Waals surface area contributed by atoms with Crippen LogP contribution in [0, 0.1) is 12.3 Å². The van der Waals surface area contributed by atoms with Crippen LogP contribution in [-0.2, 0) is 4.79 Å². The highest BCUT2D eigenvalue weighted by Crippen LogP contribution is 2.10. The van der Waals surface area contributed by atoms with Crippen molar-refractivity contribution in [2.24, 2.45) is 0 Å². The van der Waals surface area contributed by atoms with Crippen LogP contribution in [0.2, 0.25) is 0 Å². The third-order valence-electron chi connectivity index (χ3n) is 4.10. The van der Waals surface area contributed by atoms with Crippen LogP contribution in [-0.4, -0.2) is 73.0 Å². The number of nitrogens with zero attached hydrogens (tertiary/aromatic N) is 3. The average molecular weight is 263 g/mol. The maximum Gasteiger partial charge on any atom is 0.236 e. The van der Waals surface area contributed by atoms with Crippen LogP contribution < -0.4 is 0 Å². The first-order valence-electron chi connectivity index (χ1n) is 7.45. The minimum atomic E-state index is 0.312. The standard InChI is InChI=1S/C15H25N3O/c1-2-7-16-10-12-17(13-11-16)14-15(19)18-8-5-3-4-6-9-18/h1H,3-14H2. The zero-order chi connectivity index (χ0) is 13.5. The van der Waals surface area contributed by atoms with E-state index in [1.807, 2.05) is 0 Å². The molecule has 2 rings (SSSR count). The number of amides is 1. The largest absolute Gasteiger partial charge is 0.342 e. The maximum absolute atomic E-state index is 12.3. The van der Waals surface area contributed by atoms with Crippen LogP contribution in [0.15, 0.2) is 0 Å². The van der Waals surface area contributed by atoms with Crippen molar-refractivity contribution in [3.63, 3.8) is 0 Å². The molecule has 4 nitrogen and oxygen atoms in total. The van der Waals surface area contributed by atoms with Crippen molar-refractivity contribution in [1.82, 2.24) is 14.7 Å². The molecule has 2 aliphatic heterocycles. The van der Waals surface area contributed by atoms with Crippen molar-refractivity contribution in [2.45, 2.75) is 25.7 Å². The van der Waals surface area contributed by atoms with Gasteiger partial charge < -0.3 is 4.90 Å². The van der Waals surface area contributed by atoms with Gasteiger partial charge in [-0.3, -0.25) is 14.6 Å². The lowest BCUT2D eigenvalue weighted by Gasteiger charge is -2.34. The summed E-state index contributed by atoms with van der Waals surface area (Å²) in [6.45, 7) is 7.11. The summed E-state index contributed by atoms with van der Waals surface area (Å²) >= 11 is 0. The van der Waals surface area contributed by atoms with Crippen molar-refractivity contribution in [3.8, 4) is 12.3 Å². The summed E-state index contributed by atoms with van der Waals surface area (Å²) in [6, 6.07) is 0. The SMILES string of the molecule is C#CCN1CCN(CC(=O)N2CCCCCC2)CC1. The molecule has 0 bridgehead atoms. The number of piperazine rings is 1. The molecule has 0 aliphatic carbocycles. The number of carbonyl (C=O) groups excluding carboxylic acids is 1. The molecule has 0 N–H and O–H groups in total. The van der Waals surface area contributed by atoms with Crippen LogP contribution in [0.1, 0.15) is 25.7 Å². The van der Waals surface area contributed by atoms with E-state index >= 15 is 0 Å². The molecule has 2 aliphatic rings. The van der Waals surface area contributed by atoms with Crippen molar-refractivity contribution in [3.05, 3.63) is 0 Å². The second-order valence-electron chi connectivity index (χ2n) is 5.55. The van der Waals surface area contributed by atoms with Crippen molar-refractivity contribution in [1.29, 1.82) is 0 Å². The van der Waals surface area contributed by atoms with Gasteiger partial charge in [-0.2, -0.15) is 0 Å². The second kappa shape index (κ2) is 7.52. The van der Waals surface area contributed by atoms with E-state index in [1.165, 1.54) is 25.7 Å². The smallest absolute Gasteiger partial charge is 0.236 e. The van der Waals surface area contributed by atoms with E-state index in [-0.39, 0.29) is 0 Å². The highest BCUT2D eigenvalue weighted by molar-refractivity contribution is 5.78. The predicted molar refractivity (Wildman–Crippen MR) is 76.8 cm³/mol. The number of hydrogen-bond acceptors (Lipinski definition) is 3. The Balaban J connectivity index is 1.72. The molecule has 0 unspecified atom stereocenters. The van der Waals surface area contributed by atoms with Gasteiger partial charge in [-0.25, -0.2) is 0 Å². The van der Waals surface area contributed by atoms with Gasteiger partial charge in [0.25, 0.3) is 0 Å². The summed E-state index contributed by atoms with van der Waals surface area (Å²) in [4.78, 5) is 18.9. The molecule has 0 aromatic rings. The van der Waals surface area contributed by atoms with Gasteiger partial charge in [-0.1, -0.05) is 18.8 Å². The Morgan fingerprint density at radius 3 is 2.05 bits per heavy atom. The number of rotatable bonds is 3. The highest BCUT2D eigenvalue weighted by atomic mass is 16.2. The van der Waals surface area contributed by atoms with Gasteiger partial charge >= 0.3 is 0 Å². The minimum Gasteiger partial charge on any atom is -0.342 e. The molecule has 0 aromatic heterocycles. The van der Waals surface area contributed by atoms with Gasteiger partial charge in [0, 0.05) is 39.3 Å². The van der Waals surface area contributed by atoms with Crippen molar-refractivity contribution >= 4 is 5.91 Å². The molecule has 2 heterocycles. The Hall–Kier alpha value is -1.05. The highest BCUT2D eigenvalue weighted by Gasteiger charge is 2.21. The number of terminal acetylenes is 1. The van der Waals surface area contributed by atoms with Crippen molar-refractivity contribution in [2.75, 3.05) is 52.4 Å². The first-order valence-corrected chi connectivity index (χ1v) is 7.45. The van der Waals surface area contributed by atoms with E-state index in [9.17, 15) is 4.79 Å². The van der Waals surface area contributed by atoms with Crippen LogP contribution in [0.25, 0.3) is 0 Å². The van der Waals surface area contributed by atoms with E-state index in [1.54, 1.807) is 0 Å². The summed E-state index contributed by atoms with van der Waals surface area (Å²) in [7, 11) is 0. The topological polar surface area (TPSA) is 26.8 Å². The quantitative estimate of drug-likeness (QED) is 0.699. The third-order valence-corrected chi connectivity index (χ3v) is 4.10. The monoisotopic (exact) mass is 263 g/mol. The molecule has 0 saturated carbocycles.